The van der Waals surface area contributed by atoms with Crippen LogP contribution in [0.25, 0.3) is 0 Å². The van der Waals surface area contributed by atoms with Crippen molar-refractivity contribution in [3.8, 4) is 0 Å². The van der Waals surface area contributed by atoms with E-state index >= 15 is 0 Å². The van der Waals surface area contributed by atoms with E-state index in [0.717, 1.165) is 8.78 Å². The molecule has 1 unspecified atom stereocenters. The van der Waals surface area contributed by atoms with Crippen LogP contribution in [-0.2, 0) is 15.8 Å². The summed E-state index contributed by atoms with van der Waals surface area (Å²) in [6.45, 7) is 0. The van der Waals surface area contributed by atoms with E-state index in [1.807, 2.05) is 6.07 Å². The van der Waals surface area contributed by atoms with Gasteiger partial charge in [0.1, 0.15) is 0 Å². The van der Waals surface area contributed by atoms with Gasteiger partial charge in [-0.25, -0.2) is 4.21 Å². The molecule has 0 saturated carbocycles. The molecule has 0 radical (unpaired) electrons. The molecular formula is C8H8BrNO2S. The highest BCUT2D eigenvalue weighted by Crippen LogP contribution is 2.20. The molecule has 0 spiro atoms. The predicted molar refractivity (Wildman–Crippen MR) is 54.4 cm³/mol. The number of carbonyl (C=O) groups excluding carboxylic acids is 1. The molecule has 0 bridgehead atoms. The minimum Gasteiger partial charge on any atom is -0.278 e. The third kappa shape index (κ3) is 2.38. The van der Waals surface area contributed by atoms with Gasteiger partial charge in [-0.2, -0.15) is 0 Å². The van der Waals surface area contributed by atoms with Gasteiger partial charge in [0.2, 0.25) is 6.41 Å². The highest BCUT2D eigenvalue weighted by molar-refractivity contribution is 9.10. The van der Waals surface area contributed by atoms with Gasteiger partial charge < -0.3 is 0 Å². The maximum Gasteiger partial charge on any atom is 0.221 e. The molecule has 13 heavy (non-hydrogen) atoms. The van der Waals surface area contributed by atoms with Crippen LogP contribution in [0.15, 0.2) is 33.6 Å². The summed E-state index contributed by atoms with van der Waals surface area (Å²) in [6.07, 6.45) is 0.537. The number of nitrogens with zero attached hydrogens (tertiary/aromatic N) is 1. The molecule has 1 aromatic carbocycles. The fourth-order valence-electron chi connectivity index (χ4n) is 0.781. The molecule has 70 valence electrons. The van der Waals surface area contributed by atoms with Gasteiger partial charge in [-0.3, -0.25) is 9.10 Å². The molecule has 3 nitrogen and oxygen atoms in total. The summed E-state index contributed by atoms with van der Waals surface area (Å²) >= 11 is 3.26. The number of carbonyl (C=O) groups is 1. The van der Waals surface area contributed by atoms with E-state index in [-0.39, 0.29) is 0 Å². The van der Waals surface area contributed by atoms with E-state index in [4.69, 9.17) is 0 Å². The molecule has 0 aromatic heterocycles. The third-order valence-electron chi connectivity index (χ3n) is 1.43. The van der Waals surface area contributed by atoms with E-state index in [1.54, 1.807) is 18.2 Å². The van der Waals surface area contributed by atoms with Crippen molar-refractivity contribution in [2.75, 3.05) is 7.05 Å². The Morgan fingerprint density at radius 3 is 2.62 bits per heavy atom. The van der Waals surface area contributed by atoms with Gasteiger partial charge in [0.25, 0.3) is 0 Å². The van der Waals surface area contributed by atoms with E-state index in [2.05, 4.69) is 15.9 Å². The van der Waals surface area contributed by atoms with Gasteiger partial charge in [-0.15, -0.1) is 0 Å². The first-order valence-corrected chi connectivity index (χ1v) is 5.41. The summed E-state index contributed by atoms with van der Waals surface area (Å²) in [5.41, 5.74) is 0. The zero-order chi connectivity index (χ0) is 9.84. The molecule has 0 saturated heterocycles. The summed E-state index contributed by atoms with van der Waals surface area (Å²) < 4.78 is 13.4. The Bertz CT molecular complexity index is 343. The first kappa shape index (κ1) is 10.4. The Morgan fingerprint density at radius 2 is 2.08 bits per heavy atom. The lowest BCUT2D eigenvalue weighted by atomic mass is 10.4. The minimum atomic E-state index is -1.42. The molecule has 1 amide bonds. The normalized spacial score (nSPS) is 12.2. The standard InChI is InChI=1S/C8H8BrNO2S/c1-10(6-11)13(12)8-5-3-2-4-7(8)9/h2-6H,1H3. The number of halogens is 1. The monoisotopic (exact) mass is 261 g/mol. The fourth-order valence-corrected chi connectivity index (χ4v) is 2.30. The maximum absolute atomic E-state index is 11.6. The average Bonchev–Trinajstić information content (AvgIpc) is 2.16. The van der Waals surface area contributed by atoms with Gasteiger partial charge in [-0.05, 0) is 28.1 Å². The lowest BCUT2D eigenvalue weighted by Gasteiger charge is -2.10. The van der Waals surface area contributed by atoms with Crippen LogP contribution in [-0.4, -0.2) is 22.0 Å². The van der Waals surface area contributed by atoms with Gasteiger partial charge >= 0.3 is 0 Å². The molecule has 1 atom stereocenters. The second-order valence-corrected chi connectivity index (χ2v) is 4.70. The van der Waals surface area contributed by atoms with Crippen molar-refractivity contribution >= 4 is 33.3 Å². The van der Waals surface area contributed by atoms with Crippen molar-refractivity contribution in [2.45, 2.75) is 4.90 Å². The number of rotatable bonds is 3. The fraction of sp³-hybridized carbons (Fsp3) is 0.125. The molecule has 0 aliphatic heterocycles. The molecule has 1 aromatic rings. The number of amides is 1. The molecule has 1 rings (SSSR count). The summed E-state index contributed by atoms with van der Waals surface area (Å²) in [5, 5.41) is 0. The maximum atomic E-state index is 11.6. The van der Waals surface area contributed by atoms with Crippen LogP contribution in [0.4, 0.5) is 0 Å². The number of hydrogen-bond donors (Lipinski definition) is 0. The van der Waals surface area contributed by atoms with Crippen LogP contribution in [0, 0.1) is 0 Å². The Morgan fingerprint density at radius 1 is 1.46 bits per heavy atom. The van der Waals surface area contributed by atoms with Crippen LogP contribution in [0.5, 0.6) is 0 Å². The molecule has 0 aliphatic carbocycles. The second kappa shape index (κ2) is 4.53. The lowest BCUT2D eigenvalue weighted by Crippen LogP contribution is -2.19. The Labute approximate surface area is 87.5 Å². The summed E-state index contributed by atoms with van der Waals surface area (Å²) in [4.78, 5) is 10.9. The summed E-state index contributed by atoms with van der Waals surface area (Å²) in [6, 6.07) is 7.09. The lowest BCUT2D eigenvalue weighted by molar-refractivity contribution is -0.113. The van der Waals surface area contributed by atoms with E-state index < -0.39 is 11.0 Å². The predicted octanol–water partition coefficient (Wildman–Crippen LogP) is 1.56. The van der Waals surface area contributed by atoms with Crippen molar-refractivity contribution in [3.63, 3.8) is 0 Å². The third-order valence-corrected chi connectivity index (χ3v) is 3.73. The van der Waals surface area contributed by atoms with Gasteiger partial charge in [-0.1, -0.05) is 12.1 Å². The van der Waals surface area contributed by atoms with Crippen LogP contribution in [0.3, 0.4) is 0 Å². The summed E-state index contributed by atoms with van der Waals surface area (Å²) in [5.74, 6) is 0. The van der Waals surface area contributed by atoms with Crippen LogP contribution in [0.1, 0.15) is 0 Å². The Hall–Kier alpha value is -0.680. The first-order valence-electron chi connectivity index (χ1n) is 3.51. The van der Waals surface area contributed by atoms with Crippen LogP contribution >= 0.6 is 15.9 Å². The van der Waals surface area contributed by atoms with Gasteiger partial charge in [0.15, 0.2) is 11.0 Å². The zero-order valence-electron chi connectivity index (χ0n) is 6.94. The van der Waals surface area contributed by atoms with Crippen molar-refractivity contribution in [1.82, 2.24) is 4.31 Å². The number of benzene rings is 1. The van der Waals surface area contributed by atoms with E-state index in [1.165, 1.54) is 7.05 Å². The molecule has 5 heteroatoms. The highest BCUT2D eigenvalue weighted by atomic mass is 79.9. The van der Waals surface area contributed by atoms with E-state index in [0.29, 0.717) is 11.3 Å². The summed E-state index contributed by atoms with van der Waals surface area (Å²) in [7, 11) is 0.0534. The minimum absolute atomic E-state index is 0.537. The van der Waals surface area contributed by atoms with Crippen molar-refractivity contribution < 1.29 is 9.00 Å². The molecule has 0 N–H and O–H groups in total. The average molecular weight is 262 g/mol. The topological polar surface area (TPSA) is 37.4 Å². The zero-order valence-corrected chi connectivity index (χ0v) is 9.34. The molecular weight excluding hydrogens is 254 g/mol. The van der Waals surface area contributed by atoms with E-state index in [9.17, 15) is 9.00 Å². The Kier molecular flexibility index (Phi) is 3.62. The van der Waals surface area contributed by atoms with Crippen molar-refractivity contribution in [2.24, 2.45) is 0 Å². The van der Waals surface area contributed by atoms with Gasteiger partial charge in [0, 0.05) is 11.5 Å². The van der Waals surface area contributed by atoms with Crippen molar-refractivity contribution in [1.29, 1.82) is 0 Å². The van der Waals surface area contributed by atoms with Crippen LogP contribution in [0.2, 0.25) is 0 Å². The smallest absolute Gasteiger partial charge is 0.221 e. The number of hydrogen-bond acceptors (Lipinski definition) is 2. The largest absolute Gasteiger partial charge is 0.278 e. The quantitative estimate of drug-likeness (QED) is 0.775. The molecule has 0 aliphatic rings. The molecule has 0 fully saturated rings. The second-order valence-electron chi connectivity index (χ2n) is 2.33. The van der Waals surface area contributed by atoms with Gasteiger partial charge in [0.05, 0.1) is 4.90 Å². The van der Waals surface area contributed by atoms with Crippen molar-refractivity contribution in [3.05, 3.63) is 28.7 Å². The first-order chi connectivity index (χ1) is 6.16. The van der Waals surface area contributed by atoms with Crippen LogP contribution < -0.4 is 0 Å². The highest BCUT2D eigenvalue weighted by Gasteiger charge is 2.10. The SMILES string of the molecule is CN(C=O)S(=O)c1ccccc1Br. The Balaban J connectivity index is 3.02. The molecule has 0 heterocycles.